The quantitative estimate of drug-likeness (QED) is 0.823. The summed E-state index contributed by atoms with van der Waals surface area (Å²) in [5, 5.41) is 0. The van der Waals surface area contributed by atoms with Gasteiger partial charge in [0.25, 0.3) is 0 Å². The Hall–Kier alpha value is -1.00. The topological polar surface area (TPSA) is 21.1 Å². The predicted octanol–water partition coefficient (Wildman–Crippen LogP) is 2.11. The number of imidazole rings is 1. The minimum Gasteiger partial charge on any atom is -0.334 e. The van der Waals surface area contributed by atoms with Crippen LogP contribution in [0.1, 0.15) is 11.6 Å². The summed E-state index contributed by atoms with van der Waals surface area (Å²) in [7, 11) is 6.16. The summed E-state index contributed by atoms with van der Waals surface area (Å²) in [5.41, 5.74) is 3.49. The molecule has 86 valence electrons. The van der Waals surface area contributed by atoms with E-state index in [1.165, 1.54) is 11.1 Å². The Morgan fingerprint density at radius 3 is 2.81 bits per heavy atom. The highest BCUT2D eigenvalue weighted by Crippen LogP contribution is 2.23. The number of nitrogens with zero attached hydrogens (tertiary/aromatic N) is 3. The first-order valence-electron chi connectivity index (χ1n) is 5.31. The Bertz CT molecular complexity index is 490. The van der Waals surface area contributed by atoms with E-state index in [1.54, 1.807) is 0 Å². The van der Waals surface area contributed by atoms with Crippen molar-refractivity contribution in [3.63, 3.8) is 0 Å². The lowest BCUT2D eigenvalue weighted by Crippen LogP contribution is -2.21. The molecule has 0 spiro atoms. The van der Waals surface area contributed by atoms with E-state index in [-0.39, 0.29) is 0 Å². The van der Waals surface area contributed by atoms with Crippen molar-refractivity contribution in [2.75, 3.05) is 19.8 Å². The number of rotatable bonds is 3. The molecule has 0 amide bonds. The van der Waals surface area contributed by atoms with Crippen LogP contribution in [0.25, 0.3) is 11.0 Å². The number of aromatic nitrogens is 2. The summed E-state index contributed by atoms with van der Waals surface area (Å²) in [5.74, 6) is 0.811. The first kappa shape index (κ1) is 11.5. The van der Waals surface area contributed by atoms with Gasteiger partial charge in [0, 0.05) is 18.8 Å². The predicted molar refractivity (Wildman–Crippen MR) is 71.0 cm³/mol. The van der Waals surface area contributed by atoms with Crippen LogP contribution in [0.2, 0.25) is 0 Å². The Morgan fingerprint density at radius 1 is 1.44 bits per heavy atom. The van der Waals surface area contributed by atoms with Crippen LogP contribution >= 0.6 is 12.6 Å². The zero-order valence-corrected chi connectivity index (χ0v) is 10.8. The van der Waals surface area contributed by atoms with Crippen molar-refractivity contribution < 1.29 is 0 Å². The van der Waals surface area contributed by atoms with E-state index in [0.29, 0.717) is 6.04 Å². The molecule has 0 aliphatic rings. The molecule has 1 unspecified atom stereocenters. The maximum absolute atomic E-state index is 4.40. The van der Waals surface area contributed by atoms with Crippen molar-refractivity contribution in [2.24, 2.45) is 7.05 Å². The van der Waals surface area contributed by atoms with Gasteiger partial charge in [-0.15, -0.1) is 0 Å². The second-order valence-electron chi connectivity index (χ2n) is 4.27. The molecule has 0 saturated carbocycles. The molecule has 0 bridgehead atoms. The maximum atomic E-state index is 4.40. The van der Waals surface area contributed by atoms with Gasteiger partial charge in [0.1, 0.15) is 0 Å². The van der Waals surface area contributed by atoms with E-state index in [9.17, 15) is 0 Å². The lowest BCUT2D eigenvalue weighted by Gasteiger charge is -2.22. The Labute approximate surface area is 101 Å². The number of benzene rings is 1. The van der Waals surface area contributed by atoms with Gasteiger partial charge in [-0.05, 0) is 31.8 Å². The van der Waals surface area contributed by atoms with E-state index < -0.39 is 0 Å². The zero-order valence-electron chi connectivity index (χ0n) is 9.88. The molecule has 2 aromatic rings. The fraction of sp³-hybridized carbons (Fsp3) is 0.417. The SMILES string of the molecule is CN(C)C(CS)c1ccc2c(c1)ncn2C. The van der Waals surface area contributed by atoms with Crippen LogP contribution in [0, 0.1) is 0 Å². The molecule has 0 fully saturated rings. The van der Waals surface area contributed by atoms with Crippen LogP contribution in [0.3, 0.4) is 0 Å². The summed E-state index contributed by atoms with van der Waals surface area (Å²) in [4.78, 5) is 6.55. The van der Waals surface area contributed by atoms with E-state index in [2.05, 4.69) is 54.8 Å². The fourth-order valence-electron chi connectivity index (χ4n) is 1.93. The molecule has 1 atom stereocenters. The molecular weight excluding hydrogens is 218 g/mol. The van der Waals surface area contributed by atoms with Gasteiger partial charge in [-0.25, -0.2) is 4.98 Å². The molecule has 1 aromatic carbocycles. The molecule has 1 heterocycles. The standard InChI is InChI=1S/C12H17N3S/c1-14(2)12(7-16)9-4-5-11-10(6-9)13-8-15(11)3/h4-6,8,12,16H,7H2,1-3H3. The van der Waals surface area contributed by atoms with Gasteiger partial charge in [-0.2, -0.15) is 12.6 Å². The molecule has 3 nitrogen and oxygen atoms in total. The van der Waals surface area contributed by atoms with Crippen LogP contribution in [0.5, 0.6) is 0 Å². The van der Waals surface area contributed by atoms with Crippen LogP contribution in [-0.2, 0) is 7.05 Å². The van der Waals surface area contributed by atoms with E-state index in [0.717, 1.165) is 11.3 Å². The summed E-state index contributed by atoms with van der Waals surface area (Å²) in [6.45, 7) is 0. The molecule has 1 aromatic heterocycles. The molecule has 2 rings (SSSR count). The number of aryl methyl sites for hydroxylation is 1. The third-order valence-electron chi connectivity index (χ3n) is 2.93. The third kappa shape index (κ3) is 1.95. The minimum absolute atomic E-state index is 0.342. The van der Waals surface area contributed by atoms with Gasteiger partial charge in [0.15, 0.2) is 0 Å². The average Bonchev–Trinajstić information content (AvgIpc) is 2.61. The van der Waals surface area contributed by atoms with Crippen LogP contribution < -0.4 is 0 Å². The molecule has 0 radical (unpaired) electrons. The zero-order chi connectivity index (χ0) is 11.7. The van der Waals surface area contributed by atoms with Crippen LogP contribution in [0.15, 0.2) is 24.5 Å². The summed E-state index contributed by atoms with van der Waals surface area (Å²) >= 11 is 4.40. The molecule has 0 aliphatic carbocycles. The summed E-state index contributed by atoms with van der Waals surface area (Å²) in [6, 6.07) is 6.77. The first-order chi connectivity index (χ1) is 7.63. The lowest BCUT2D eigenvalue weighted by atomic mass is 10.1. The van der Waals surface area contributed by atoms with Crippen molar-refractivity contribution in [3.8, 4) is 0 Å². The van der Waals surface area contributed by atoms with Crippen molar-refractivity contribution in [1.29, 1.82) is 0 Å². The lowest BCUT2D eigenvalue weighted by molar-refractivity contribution is 0.327. The average molecular weight is 235 g/mol. The highest BCUT2D eigenvalue weighted by Gasteiger charge is 2.13. The Kier molecular flexibility index (Phi) is 3.21. The summed E-state index contributed by atoms with van der Waals surface area (Å²) in [6.07, 6.45) is 1.85. The largest absolute Gasteiger partial charge is 0.334 e. The third-order valence-corrected chi connectivity index (χ3v) is 3.28. The molecular formula is C12H17N3S. The smallest absolute Gasteiger partial charge is 0.0955 e. The molecule has 0 aliphatic heterocycles. The van der Waals surface area contributed by atoms with Gasteiger partial charge in [-0.1, -0.05) is 6.07 Å². The number of hydrogen-bond donors (Lipinski definition) is 1. The minimum atomic E-state index is 0.342. The van der Waals surface area contributed by atoms with E-state index in [1.807, 2.05) is 17.9 Å². The number of hydrogen-bond acceptors (Lipinski definition) is 3. The van der Waals surface area contributed by atoms with Crippen LogP contribution in [-0.4, -0.2) is 34.3 Å². The first-order valence-corrected chi connectivity index (χ1v) is 5.95. The fourth-order valence-corrected chi connectivity index (χ4v) is 2.46. The molecule has 16 heavy (non-hydrogen) atoms. The second-order valence-corrected chi connectivity index (χ2v) is 4.63. The van der Waals surface area contributed by atoms with Crippen molar-refractivity contribution >= 4 is 23.7 Å². The highest BCUT2D eigenvalue weighted by atomic mass is 32.1. The number of thiol groups is 1. The molecule has 0 saturated heterocycles. The van der Waals surface area contributed by atoms with Gasteiger partial charge >= 0.3 is 0 Å². The van der Waals surface area contributed by atoms with Crippen molar-refractivity contribution in [1.82, 2.24) is 14.5 Å². The van der Waals surface area contributed by atoms with E-state index >= 15 is 0 Å². The normalized spacial score (nSPS) is 13.6. The van der Waals surface area contributed by atoms with Gasteiger partial charge < -0.3 is 9.47 Å². The molecule has 4 heteroatoms. The van der Waals surface area contributed by atoms with Gasteiger partial charge in [0.05, 0.1) is 17.4 Å². The summed E-state index contributed by atoms with van der Waals surface area (Å²) < 4.78 is 2.03. The Morgan fingerprint density at radius 2 is 2.19 bits per heavy atom. The van der Waals surface area contributed by atoms with Crippen molar-refractivity contribution in [3.05, 3.63) is 30.1 Å². The van der Waals surface area contributed by atoms with Gasteiger partial charge in [0.2, 0.25) is 0 Å². The van der Waals surface area contributed by atoms with Crippen molar-refractivity contribution in [2.45, 2.75) is 6.04 Å². The van der Waals surface area contributed by atoms with E-state index in [4.69, 9.17) is 0 Å². The monoisotopic (exact) mass is 235 g/mol. The molecule has 0 N–H and O–H groups in total. The van der Waals surface area contributed by atoms with Crippen LogP contribution in [0.4, 0.5) is 0 Å². The maximum Gasteiger partial charge on any atom is 0.0955 e. The highest BCUT2D eigenvalue weighted by molar-refractivity contribution is 7.80. The van der Waals surface area contributed by atoms with Gasteiger partial charge in [-0.3, -0.25) is 0 Å². The Balaban J connectivity index is 2.46. The number of fused-ring (bicyclic) bond motifs is 1. The second kappa shape index (κ2) is 4.47.